The molecule has 0 bridgehead atoms. The number of aliphatic hydroxyl groups is 1. The molecule has 13 heavy (non-hydrogen) atoms. The first-order valence-corrected chi connectivity index (χ1v) is 4.11. The lowest BCUT2D eigenvalue weighted by atomic mass is 10.1. The smallest absolute Gasteiger partial charge is 0.138 e. The Morgan fingerprint density at radius 1 is 1.77 bits per heavy atom. The minimum atomic E-state index is 0.159. The summed E-state index contributed by atoms with van der Waals surface area (Å²) in [5.74, 6) is 0.159. The van der Waals surface area contributed by atoms with Crippen LogP contribution in [0.1, 0.15) is 30.6 Å². The van der Waals surface area contributed by atoms with E-state index in [4.69, 9.17) is 5.26 Å². The predicted octanol–water partition coefficient (Wildman–Crippen LogP) is 1.62. The van der Waals surface area contributed by atoms with Gasteiger partial charge in [-0.15, -0.1) is 0 Å². The fourth-order valence-electron chi connectivity index (χ4n) is 1.51. The first kappa shape index (κ1) is 7.87. The van der Waals surface area contributed by atoms with E-state index in [9.17, 15) is 5.11 Å². The van der Waals surface area contributed by atoms with Crippen molar-refractivity contribution in [1.82, 2.24) is 9.78 Å². The number of hydrogen-bond acceptors (Lipinski definition) is 3. The van der Waals surface area contributed by atoms with Crippen LogP contribution in [0.2, 0.25) is 0 Å². The monoisotopic (exact) mass is 175 g/mol. The number of aromatic nitrogens is 2. The van der Waals surface area contributed by atoms with Crippen molar-refractivity contribution in [1.29, 1.82) is 5.26 Å². The van der Waals surface area contributed by atoms with Crippen LogP contribution in [0.3, 0.4) is 0 Å². The molecule has 1 aromatic rings. The zero-order chi connectivity index (χ0) is 9.42. The summed E-state index contributed by atoms with van der Waals surface area (Å²) < 4.78 is 1.69. The van der Waals surface area contributed by atoms with Gasteiger partial charge in [-0.25, -0.2) is 0 Å². The maximum Gasteiger partial charge on any atom is 0.138 e. The minimum absolute atomic E-state index is 0.159. The Morgan fingerprint density at radius 2 is 2.54 bits per heavy atom. The molecule has 4 heteroatoms. The van der Waals surface area contributed by atoms with Crippen LogP contribution in [-0.4, -0.2) is 14.9 Å². The van der Waals surface area contributed by atoms with Gasteiger partial charge in [0.25, 0.3) is 0 Å². The van der Waals surface area contributed by atoms with Gasteiger partial charge in [-0.2, -0.15) is 10.4 Å². The highest BCUT2D eigenvalue weighted by molar-refractivity contribution is 5.62. The van der Waals surface area contributed by atoms with Crippen molar-refractivity contribution < 1.29 is 5.11 Å². The Balaban J connectivity index is 2.64. The summed E-state index contributed by atoms with van der Waals surface area (Å²) in [5.41, 5.74) is 0.974. The molecule has 0 saturated heterocycles. The third-order valence-electron chi connectivity index (χ3n) is 2.23. The van der Waals surface area contributed by atoms with E-state index in [0.717, 1.165) is 6.42 Å². The van der Waals surface area contributed by atoms with Crippen molar-refractivity contribution in [3.05, 3.63) is 23.5 Å². The first-order chi connectivity index (χ1) is 6.24. The molecular weight excluding hydrogens is 166 g/mol. The molecule has 2 rings (SSSR count). The molecule has 1 aliphatic rings. The van der Waals surface area contributed by atoms with Crippen LogP contribution in [0, 0.1) is 11.3 Å². The highest BCUT2D eigenvalue weighted by Crippen LogP contribution is 2.27. The largest absolute Gasteiger partial charge is 0.506 e. The van der Waals surface area contributed by atoms with Gasteiger partial charge in [0, 0.05) is 0 Å². The van der Waals surface area contributed by atoms with Gasteiger partial charge in [-0.3, -0.25) is 4.68 Å². The third kappa shape index (κ3) is 1.01. The van der Waals surface area contributed by atoms with Gasteiger partial charge < -0.3 is 5.11 Å². The molecule has 0 aromatic carbocycles. The second-order valence-corrected chi connectivity index (χ2v) is 3.14. The van der Waals surface area contributed by atoms with Gasteiger partial charge in [0.2, 0.25) is 0 Å². The van der Waals surface area contributed by atoms with Gasteiger partial charge in [0.15, 0.2) is 0 Å². The average molecular weight is 175 g/mol. The van der Waals surface area contributed by atoms with E-state index in [1.54, 1.807) is 10.8 Å². The summed E-state index contributed by atoms with van der Waals surface area (Å²) in [7, 11) is 0. The van der Waals surface area contributed by atoms with Crippen molar-refractivity contribution >= 4 is 5.76 Å². The average Bonchev–Trinajstić information content (AvgIpc) is 2.56. The van der Waals surface area contributed by atoms with Crippen LogP contribution in [0.15, 0.2) is 12.3 Å². The molecule has 0 saturated carbocycles. The van der Waals surface area contributed by atoms with Crippen LogP contribution in [0.25, 0.3) is 5.76 Å². The highest BCUT2D eigenvalue weighted by atomic mass is 16.3. The minimum Gasteiger partial charge on any atom is -0.506 e. The molecular formula is C9H9N3O. The van der Waals surface area contributed by atoms with E-state index in [-0.39, 0.29) is 11.8 Å². The van der Waals surface area contributed by atoms with Gasteiger partial charge >= 0.3 is 0 Å². The van der Waals surface area contributed by atoms with Crippen LogP contribution in [0.5, 0.6) is 0 Å². The SMILES string of the molecule is CC1CC=C(O)c2c(C#N)cnn21. The molecule has 1 unspecified atom stereocenters. The lowest BCUT2D eigenvalue weighted by Gasteiger charge is -2.18. The van der Waals surface area contributed by atoms with Crippen molar-refractivity contribution in [3.63, 3.8) is 0 Å². The second-order valence-electron chi connectivity index (χ2n) is 3.14. The van der Waals surface area contributed by atoms with Crippen LogP contribution >= 0.6 is 0 Å². The number of aliphatic hydroxyl groups excluding tert-OH is 1. The van der Waals surface area contributed by atoms with Gasteiger partial charge in [-0.1, -0.05) is 0 Å². The molecule has 1 N–H and O–H groups in total. The van der Waals surface area contributed by atoms with E-state index in [0.29, 0.717) is 11.3 Å². The highest BCUT2D eigenvalue weighted by Gasteiger charge is 2.21. The third-order valence-corrected chi connectivity index (χ3v) is 2.23. The topological polar surface area (TPSA) is 61.8 Å². The fourth-order valence-corrected chi connectivity index (χ4v) is 1.51. The number of fused-ring (bicyclic) bond motifs is 1. The predicted molar refractivity (Wildman–Crippen MR) is 46.9 cm³/mol. The molecule has 0 amide bonds. The van der Waals surface area contributed by atoms with Crippen LogP contribution < -0.4 is 0 Å². The lowest BCUT2D eigenvalue weighted by Crippen LogP contribution is -2.14. The quantitative estimate of drug-likeness (QED) is 0.651. The summed E-state index contributed by atoms with van der Waals surface area (Å²) in [6.07, 6.45) is 3.97. The summed E-state index contributed by atoms with van der Waals surface area (Å²) in [4.78, 5) is 0. The Morgan fingerprint density at radius 3 is 3.23 bits per heavy atom. The molecule has 0 aliphatic carbocycles. The summed E-state index contributed by atoms with van der Waals surface area (Å²) in [6.45, 7) is 2.00. The normalized spacial score (nSPS) is 20.3. The zero-order valence-electron chi connectivity index (χ0n) is 7.23. The number of rotatable bonds is 0. The van der Waals surface area contributed by atoms with Crippen LogP contribution in [-0.2, 0) is 0 Å². The maximum atomic E-state index is 9.53. The van der Waals surface area contributed by atoms with E-state index in [1.807, 2.05) is 13.0 Å². The van der Waals surface area contributed by atoms with Gasteiger partial charge in [0.1, 0.15) is 23.1 Å². The van der Waals surface area contributed by atoms with E-state index < -0.39 is 0 Å². The summed E-state index contributed by atoms with van der Waals surface area (Å²) in [5, 5.41) is 22.3. The van der Waals surface area contributed by atoms with E-state index in [2.05, 4.69) is 5.10 Å². The summed E-state index contributed by atoms with van der Waals surface area (Å²) >= 11 is 0. The number of hydrogen-bond donors (Lipinski definition) is 1. The Labute approximate surface area is 75.7 Å². The zero-order valence-corrected chi connectivity index (χ0v) is 7.23. The van der Waals surface area contributed by atoms with E-state index >= 15 is 0 Å². The Bertz CT molecular complexity index is 411. The Hall–Kier alpha value is -1.76. The Kier molecular flexibility index (Phi) is 1.59. The molecule has 1 aromatic heterocycles. The number of allylic oxidation sites excluding steroid dienone is 1. The summed E-state index contributed by atoms with van der Waals surface area (Å²) in [6, 6.07) is 2.22. The van der Waals surface area contributed by atoms with E-state index in [1.165, 1.54) is 6.20 Å². The molecule has 4 nitrogen and oxygen atoms in total. The first-order valence-electron chi connectivity index (χ1n) is 4.11. The van der Waals surface area contributed by atoms with Crippen molar-refractivity contribution in [2.75, 3.05) is 0 Å². The lowest BCUT2D eigenvalue weighted by molar-refractivity contribution is 0.432. The van der Waals surface area contributed by atoms with Crippen molar-refractivity contribution in [2.24, 2.45) is 0 Å². The molecule has 0 radical (unpaired) electrons. The standard InChI is InChI=1S/C9H9N3O/c1-6-2-3-8(13)9-7(4-10)5-11-12(6)9/h3,5-6,13H,2H2,1H3. The molecule has 66 valence electrons. The maximum absolute atomic E-state index is 9.53. The molecule has 2 heterocycles. The molecule has 1 atom stereocenters. The molecule has 0 spiro atoms. The van der Waals surface area contributed by atoms with Crippen LogP contribution in [0.4, 0.5) is 0 Å². The van der Waals surface area contributed by atoms with Crippen molar-refractivity contribution in [3.8, 4) is 6.07 Å². The number of nitriles is 1. The van der Waals surface area contributed by atoms with Crippen molar-refractivity contribution in [2.45, 2.75) is 19.4 Å². The molecule has 1 aliphatic heterocycles. The second kappa shape index (κ2) is 2.63. The fraction of sp³-hybridized carbons (Fsp3) is 0.333. The molecule has 0 fully saturated rings. The van der Waals surface area contributed by atoms with Gasteiger partial charge in [-0.05, 0) is 19.4 Å². The van der Waals surface area contributed by atoms with Gasteiger partial charge in [0.05, 0.1) is 12.2 Å². The number of nitrogens with zero attached hydrogens (tertiary/aromatic N) is 3.